The standard InChI is InChI=1S/C20H26N2O3/c1-14(2)16-5-6-19(24-4)18(11-16)21-8-9-22(15(3)12-21)20(23)17-7-10-25-13-17/h5-7,10-11,13-15H,8-9,12H2,1-4H3/t15-/m1/s1. The summed E-state index contributed by atoms with van der Waals surface area (Å²) in [6.45, 7) is 8.71. The number of carbonyl (C=O) groups excluding carboxylic acids is 1. The number of ether oxygens (including phenoxy) is 1. The van der Waals surface area contributed by atoms with E-state index >= 15 is 0 Å². The molecule has 2 aromatic rings. The SMILES string of the molecule is COc1ccc(C(C)C)cc1N1CCN(C(=O)c2ccoc2)[C@H](C)C1. The highest BCUT2D eigenvalue weighted by molar-refractivity contribution is 5.94. The first-order chi connectivity index (χ1) is 12.0. The number of amides is 1. The molecule has 1 atom stereocenters. The molecule has 134 valence electrons. The van der Waals surface area contributed by atoms with Gasteiger partial charge >= 0.3 is 0 Å². The molecule has 1 amide bonds. The highest BCUT2D eigenvalue weighted by atomic mass is 16.5. The van der Waals surface area contributed by atoms with Crippen molar-refractivity contribution in [1.29, 1.82) is 0 Å². The third kappa shape index (κ3) is 3.50. The van der Waals surface area contributed by atoms with Crippen LogP contribution in [0, 0.1) is 0 Å². The normalized spacial score (nSPS) is 17.9. The number of nitrogens with zero attached hydrogens (tertiary/aromatic N) is 2. The maximum atomic E-state index is 12.6. The van der Waals surface area contributed by atoms with E-state index in [9.17, 15) is 4.79 Å². The van der Waals surface area contributed by atoms with Gasteiger partial charge in [0.05, 0.1) is 24.6 Å². The van der Waals surface area contributed by atoms with Gasteiger partial charge in [-0.25, -0.2) is 0 Å². The minimum absolute atomic E-state index is 0.0313. The van der Waals surface area contributed by atoms with Gasteiger partial charge in [-0.1, -0.05) is 19.9 Å². The molecule has 5 heteroatoms. The Hall–Kier alpha value is -2.43. The lowest BCUT2D eigenvalue weighted by atomic mass is 10.0. The summed E-state index contributed by atoms with van der Waals surface area (Å²) >= 11 is 0. The lowest BCUT2D eigenvalue weighted by Gasteiger charge is -2.41. The van der Waals surface area contributed by atoms with E-state index in [0.29, 0.717) is 18.0 Å². The van der Waals surface area contributed by atoms with Crippen molar-refractivity contribution in [3.05, 3.63) is 47.9 Å². The van der Waals surface area contributed by atoms with Gasteiger partial charge in [0.2, 0.25) is 0 Å². The summed E-state index contributed by atoms with van der Waals surface area (Å²) in [4.78, 5) is 16.8. The number of hydrogen-bond acceptors (Lipinski definition) is 4. The summed E-state index contributed by atoms with van der Waals surface area (Å²) in [5, 5.41) is 0. The van der Waals surface area contributed by atoms with Crippen molar-refractivity contribution >= 4 is 11.6 Å². The van der Waals surface area contributed by atoms with E-state index in [0.717, 1.165) is 24.5 Å². The highest BCUT2D eigenvalue weighted by Gasteiger charge is 2.29. The molecule has 0 unspecified atom stereocenters. The van der Waals surface area contributed by atoms with Crippen molar-refractivity contribution in [2.24, 2.45) is 0 Å². The number of piperazine rings is 1. The minimum atomic E-state index is 0.0313. The van der Waals surface area contributed by atoms with Crippen molar-refractivity contribution < 1.29 is 13.9 Å². The van der Waals surface area contributed by atoms with Crippen molar-refractivity contribution in [2.75, 3.05) is 31.6 Å². The van der Waals surface area contributed by atoms with Crippen molar-refractivity contribution in [3.8, 4) is 5.75 Å². The topological polar surface area (TPSA) is 45.9 Å². The third-order valence-corrected chi connectivity index (χ3v) is 4.87. The second-order valence-electron chi connectivity index (χ2n) is 6.89. The number of anilines is 1. The van der Waals surface area contributed by atoms with Crippen LogP contribution in [-0.4, -0.2) is 43.6 Å². The first-order valence-electron chi connectivity index (χ1n) is 8.77. The zero-order chi connectivity index (χ0) is 18.0. The average molecular weight is 342 g/mol. The maximum Gasteiger partial charge on any atom is 0.257 e. The number of carbonyl (C=O) groups is 1. The van der Waals surface area contributed by atoms with Crippen LogP contribution in [0.1, 0.15) is 42.6 Å². The van der Waals surface area contributed by atoms with E-state index in [1.54, 1.807) is 13.2 Å². The molecule has 2 heterocycles. The van der Waals surface area contributed by atoms with Crippen LogP contribution in [0.2, 0.25) is 0 Å². The van der Waals surface area contributed by atoms with Gasteiger partial charge in [0.25, 0.3) is 5.91 Å². The maximum absolute atomic E-state index is 12.6. The molecule has 0 radical (unpaired) electrons. The summed E-state index contributed by atoms with van der Waals surface area (Å²) in [5.41, 5.74) is 3.01. The lowest BCUT2D eigenvalue weighted by Crippen LogP contribution is -2.54. The summed E-state index contributed by atoms with van der Waals surface area (Å²) in [5.74, 6) is 1.38. The van der Waals surface area contributed by atoms with Crippen LogP contribution < -0.4 is 9.64 Å². The molecule has 0 aliphatic carbocycles. The van der Waals surface area contributed by atoms with Gasteiger partial charge in [-0.2, -0.15) is 0 Å². The molecule has 1 aliphatic rings. The van der Waals surface area contributed by atoms with Crippen LogP contribution in [0.25, 0.3) is 0 Å². The summed E-state index contributed by atoms with van der Waals surface area (Å²) in [6, 6.07) is 8.21. The Morgan fingerprint density at radius 2 is 2.08 bits per heavy atom. The largest absolute Gasteiger partial charge is 0.495 e. The average Bonchev–Trinajstić information content (AvgIpc) is 3.15. The number of methoxy groups -OCH3 is 1. The summed E-state index contributed by atoms with van der Waals surface area (Å²) in [6.07, 6.45) is 3.05. The lowest BCUT2D eigenvalue weighted by molar-refractivity contribution is 0.0673. The molecule has 0 saturated carbocycles. The molecule has 0 N–H and O–H groups in total. The molecule has 1 aromatic heterocycles. The second-order valence-corrected chi connectivity index (χ2v) is 6.89. The van der Waals surface area contributed by atoms with E-state index in [1.165, 1.54) is 18.1 Å². The van der Waals surface area contributed by atoms with Crippen LogP contribution in [0.5, 0.6) is 5.75 Å². The molecule has 25 heavy (non-hydrogen) atoms. The Labute approximate surface area is 149 Å². The molecule has 1 fully saturated rings. The van der Waals surface area contributed by atoms with Crippen LogP contribution in [0.3, 0.4) is 0 Å². The van der Waals surface area contributed by atoms with E-state index in [4.69, 9.17) is 9.15 Å². The molecule has 1 aromatic carbocycles. The number of rotatable bonds is 4. The Bertz CT molecular complexity index is 725. The zero-order valence-corrected chi connectivity index (χ0v) is 15.4. The fourth-order valence-corrected chi connectivity index (χ4v) is 3.34. The van der Waals surface area contributed by atoms with Gasteiger partial charge in [-0.05, 0) is 36.6 Å². The third-order valence-electron chi connectivity index (χ3n) is 4.87. The smallest absolute Gasteiger partial charge is 0.257 e. The fraction of sp³-hybridized carbons (Fsp3) is 0.450. The molecular weight excluding hydrogens is 316 g/mol. The van der Waals surface area contributed by atoms with Crippen molar-refractivity contribution in [3.63, 3.8) is 0 Å². The Morgan fingerprint density at radius 3 is 2.68 bits per heavy atom. The molecule has 0 spiro atoms. The van der Waals surface area contributed by atoms with Crippen LogP contribution >= 0.6 is 0 Å². The van der Waals surface area contributed by atoms with Gasteiger partial charge < -0.3 is 19.0 Å². The molecule has 5 nitrogen and oxygen atoms in total. The molecule has 0 bridgehead atoms. The van der Waals surface area contributed by atoms with Gasteiger partial charge in [0.1, 0.15) is 12.0 Å². The van der Waals surface area contributed by atoms with Gasteiger partial charge in [0.15, 0.2) is 0 Å². The number of hydrogen-bond donors (Lipinski definition) is 0. The Balaban J connectivity index is 1.79. The van der Waals surface area contributed by atoms with Crippen molar-refractivity contribution in [1.82, 2.24) is 4.90 Å². The van der Waals surface area contributed by atoms with Gasteiger partial charge in [0, 0.05) is 25.7 Å². The quantitative estimate of drug-likeness (QED) is 0.849. The zero-order valence-electron chi connectivity index (χ0n) is 15.4. The first kappa shape index (κ1) is 17.4. The summed E-state index contributed by atoms with van der Waals surface area (Å²) < 4.78 is 10.6. The first-order valence-corrected chi connectivity index (χ1v) is 8.77. The highest BCUT2D eigenvalue weighted by Crippen LogP contribution is 2.33. The van der Waals surface area contributed by atoms with E-state index in [2.05, 4.69) is 37.8 Å². The summed E-state index contributed by atoms with van der Waals surface area (Å²) in [7, 11) is 1.70. The van der Waals surface area contributed by atoms with E-state index < -0.39 is 0 Å². The predicted octanol–water partition coefficient (Wildman–Crippen LogP) is 3.76. The number of benzene rings is 1. The molecular formula is C20H26N2O3. The Kier molecular flexibility index (Phi) is 5.02. The van der Waals surface area contributed by atoms with E-state index in [-0.39, 0.29) is 11.9 Å². The minimum Gasteiger partial charge on any atom is -0.495 e. The van der Waals surface area contributed by atoms with Crippen LogP contribution in [0.4, 0.5) is 5.69 Å². The molecule has 1 aliphatic heterocycles. The molecule has 3 rings (SSSR count). The molecule has 1 saturated heterocycles. The fourth-order valence-electron chi connectivity index (χ4n) is 3.34. The van der Waals surface area contributed by atoms with Crippen LogP contribution in [0.15, 0.2) is 41.2 Å². The monoisotopic (exact) mass is 342 g/mol. The number of furan rings is 1. The van der Waals surface area contributed by atoms with Crippen LogP contribution in [-0.2, 0) is 0 Å². The predicted molar refractivity (Wildman–Crippen MR) is 98.5 cm³/mol. The Morgan fingerprint density at radius 1 is 1.28 bits per heavy atom. The second kappa shape index (κ2) is 7.21. The van der Waals surface area contributed by atoms with Gasteiger partial charge in [-0.15, -0.1) is 0 Å². The van der Waals surface area contributed by atoms with Gasteiger partial charge in [-0.3, -0.25) is 4.79 Å². The van der Waals surface area contributed by atoms with E-state index in [1.807, 2.05) is 11.0 Å². The van der Waals surface area contributed by atoms with Crippen molar-refractivity contribution in [2.45, 2.75) is 32.7 Å².